The fourth-order valence-electron chi connectivity index (χ4n) is 3.52. The molecule has 1 aromatic carbocycles. The maximum absolute atomic E-state index is 12.6. The van der Waals surface area contributed by atoms with E-state index in [4.69, 9.17) is 0 Å². The molecule has 3 aliphatic rings. The zero-order valence-electron chi connectivity index (χ0n) is 11.6. The van der Waals surface area contributed by atoms with Gasteiger partial charge in [0.1, 0.15) is 0 Å². The van der Waals surface area contributed by atoms with E-state index < -0.39 is 0 Å². The van der Waals surface area contributed by atoms with Gasteiger partial charge in [0.05, 0.1) is 11.3 Å². The molecule has 5 heteroatoms. The number of para-hydroxylation sites is 1. The lowest BCUT2D eigenvalue weighted by atomic mass is 10.1. The van der Waals surface area contributed by atoms with E-state index in [2.05, 4.69) is 21.4 Å². The van der Waals surface area contributed by atoms with Gasteiger partial charge < -0.3 is 4.90 Å². The van der Waals surface area contributed by atoms with Crippen molar-refractivity contribution in [2.24, 2.45) is 0 Å². The largest absolute Gasteiger partial charge is 0.303 e. The molecule has 4 rings (SSSR count). The average molecular weight is 272 g/mol. The highest BCUT2D eigenvalue weighted by atomic mass is 16.2. The lowest BCUT2D eigenvalue weighted by Crippen LogP contribution is -2.63. The van der Waals surface area contributed by atoms with Gasteiger partial charge in [-0.3, -0.25) is 15.1 Å². The summed E-state index contributed by atoms with van der Waals surface area (Å²) in [5.41, 5.74) is 1.88. The third kappa shape index (κ3) is 1.73. The molecule has 0 aliphatic carbocycles. The summed E-state index contributed by atoms with van der Waals surface area (Å²) in [6.45, 7) is 3.82. The van der Waals surface area contributed by atoms with Crippen molar-refractivity contribution < 1.29 is 4.79 Å². The van der Waals surface area contributed by atoms with Gasteiger partial charge in [-0.1, -0.05) is 18.6 Å². The predicted molar refractivity (Wildman–Crippen MR) is 77.2 cm³/mol. The minimum absolute atomic E-state index is 0.00417. The number of hydrogen-bond acceptors (Lipinski definition) is 4. The van der Waals surface area contributed by atoms with E-state index in [0.717, 1.165) is 37.4 Å². The molecule has 1 amide bonds. The summed E-state index contributed by atoms with van der Waals surface area (Å²) in [6.07, 6.45) is 3.78. The van der Waals surface area contributed by atoms with Crippen LogP contribution in [0.2, 0.25) is 0 Å². The number of nitrogens with zero attached hydrogens (tertiary/aromatic N) is 3. The Morgan fingerprint density at radius 1 is 1.05 bits per heavy atom. The van der Waals surface area contributed by atoms with E-state index in [0.29, 0.717) is 0 Å². The molecule has 1 aromatic rings. The van der Waals surface area contributed by atoms with Gasteiger partial charge in [-0.05, 0) is 25.0 Å². The monoisotopic (exact) mass is 272 g/mol. The van der Waals surface area contributed by atoms with Crippen molar-refractivity contribution in [1.29, 1.82) is 0 Å². The fourth-order valence-corrected chi connectivity index (χ4v) is 3.52. The van der Waals surface area contributed by atoms with Gasteiger partial charge in [0.25, 0.3) is 5.91 Å². The molecule has 0 bridgehead atoms. The Hall–Kier alpha value is -1.59. The predicted octanol–water partition coefficient (Wildman–Crippen LogP) is 1.24. The zero-order chi connectivity index (χ0) is 13.5. The van der Waals surface area contributed by atoms with Gasteiger partial charge in [-0.25, -0.2) is 5.01 Å². The van der Waals surface area contributed by atoms with Crippen LogP contribution < -0.4 is 10.3 Å². The number of carbonyl (C=O) groups is 1. The van der Waals surface area contributed by atoms with Crippen LogP contribution in [0.25, 0.3) is 0 Å². The van der Waals surface area contributed by atoms with E-state index in [-0.39, 0.29) is 12.2 Å². The number of anilines is 1. The van der Waals surface area contributed by atoms with Crippen molar-refractivity contribution in [2.45, 2.75) is 25.6 Å². The molecule has 2 fully saturated rings. The van der Waals surface area contributed by atoms with Gasteiger partial charge in [-0.15, -0.1) is 0 Å². The van der Waals surface area contributed by atoms with E-state index >= 15 is 0 Å². The van der Waals surface area contributed by atoms with Crippen LogP contribution in [0.3, 0.4) is 0 Å². The third-order valence-electron chi connectivity index (χ3n) is 4.49. The van der Waals surface area contributed by atoms with Gasteiger partial charge in [0, 0.05) is 26.2 Å². The average Bonchev–Trinajstić information content (AvgIpc) is 2.98. The molecule has 0 aromatic heterocycles. The molecule has 5 nitrogen and oxygen atoms in total. The first-order valence-corrected chi connectivity index (χ1v) is 7.54. The molecule has 1 atom stereocenters. The normalized spacial score (nSPS) is 26.6. The molecule has 0 radical (unpaired) electrons. The number of fused-ring (bicyclic) bond motifs is 2. The van der Waals surface area contributed by atoms with Crippen molar-refractivity contribution in [2.75, 3.05) is 31.2 Å². The van der Waals surface area contributed by atoms with Crippen LogP contribution in [0.1, 0.15) is 29.6 Å². The summed E-state index contributed by atoms with van der Waals surface area (Å²) in [6, 6.07) is 7.99. The number of hydrazine groups is 1. The second kappa shape index (κ2) is 4.75. The Labute approximate surface area is 119 Å². The van der Waals surface area contributed by atoms with Crippen LogP contribution in [-0.2, 0) is 0 Å². The highest BCUT2D eigenvalue weighted by molar-refractivity contribution is 6.02. The van der Waals surface area contributed by atoms with Gasteiger partial charge in [-0.2, -0.15) is 0 Å². The summed E-state index contributed by atoms with van der Waals surface area (Å²) in [5, 5.41) is 8.18. The maximum Gasteiger partial charge on any atom is 0.258 e. The highest BCUT2D eigenvalue weighted by Crippen LogP contribution is 2.33. The van der Waals surface area contributed by atoms with E-state index in [1.807, 2.05) is 23.1 Å². The summed E-state index contributed by atoms with van der Waals surface area (Å²) in [4.78, 5) is 14.5. The van der Waals surface area contributed by atoms with Crippen LogP contribution >= 0.6 is 0 Å². The summed E-state index contributed by atoms with van der Waals surface area (Å²) in [5.74, 6) is 0.156. The van der Waals surface area contributed by atoms with Crippen LogP contribution in [0.15, 0.2) is 24.3 Å². The Kier molecular flexibility index (Phi) is 2.89. The lowest BCUT2D eigenvalue weighted by Gasteiger charge is -2.48. The van der Waals surface area contributed by atoms with Crippen molar-refractivity contribution in [1.82, 2.24) is 15.2 Å². The zero-order valence-corrected chi connectivity index (χ0v) is 11.6. The molecule has 106 valence electrons. The van der Waals surface area contributed by atoms with Crippen LogP contribution in [0.5, 0.6) is 0 Å². The summed E-state index contributed by atoms with van der Waals surface area (Å²) < 4.78 is 0. The Balaban J connectivity index is 1.78. The molecule has 0 saturated carbocycles. The van der Waals surface area contributed by atoms with Crippen molar-refractivity contribution in [3.63, 3.8) is 0 Å². The Morgan fingerprint density at radius 2 is 1.85 bits per heavy atom. The lowest BCUT2D eigenvalue weighted by molar-refractivity contribution is 0.0591. The summed E-state index contributed by atoms with van der Waals surface area (Å²) in [7, 11) is 0. The van der Waals surface area contributed by atoms with Crippen molar-refractivity contribution in [3.8, 4) is 0 Å². The second-order valence-corrected chi connectivity index (χ2v) is 5.70. The fraction of sp³-hybridized carbons (Fsp3) is 0.533. The minimum atomic E-state index is -0.00417. The Morgan fingerprint density at radius 3 is 2.70 bits per heavy atom. The number of benzene rings is 1. The molecule has 3 aliphatic heterocycles. The molecular weight excluding hydrogens is 252 g/mol. The molecule has 0 spiro atoms. The van der Waals surface area contributed by atoms with Gasteiger partial charge in [0.2, 0.25) is 0 Å². The number of piperidine rings is 1. The molecule has 1 unspecified atom stereocenters. The first-order chi connectivity index (χ1) is 9.86. The summed E-state index contributed by atoms with van der Waals surface area (Å²) >= 11 is 0. The smallest absolute Gasteiger partial charge is 0.258 e. The first kappa shape index (κ1) is 12.2. The standard InChI is InChI=1S/C15H20N4O/c20-14-12-6-2-3-7-13(12)19(15-16-8-11-18(14)15)17-9-4-1-5-10-17/h2-3,6-7,15-16H,1,4-5,8-11H2. The number of rotatable bonds is 1. The number of amides is 1. The SMILES string of the molecule is O=C1c2ccccc2N(N2CCCCC2)C2NCCN12. The van der Waals surface area contributed by atoms with Crippen LogP contribution in [-0.4, -0.2) is 48.3 Å². The first-order valence-electron chi connectivity index (χ1n) is 7.54. The van der Waals surface area contributed by atoms with Crippen LogP contribution in [0.4, 0.5) is 5.69 Å². The van der Waals surface area contributed by atoms with E-state index in [1.54, 1.807) is 0 Å². The maximum atomic E-state index is 12.6. The number of hydrogen-bond donors (Lipinski definition) is 1. The van der Waals surface area contributed by atoms with E-state index in [9.17, 15) is 4.79 Å². The number of carbonyl (C=O) groups excluding carboxylic acids is 1. The molecular formula is C15H20N4O. The number of nitrogens with one attached hydrogen (secondary N) is 1. The molecule has 20 heavy (non-hydrogen) atoms. The second-order valence-electron chi connectivity index (χ2n) is 5.70. The highest BCUT2D eigenvalue weighted by Gasteiger charge is 2.42. The topological polar surface area (TPSA) is 38.8 Å². The quantitative estimate of drug-likeness (QED) is 0.835. The van der Waals surface area contributed by atoms with Gasteiger partial charge >= 0.3 is 0 Å². The molecule has 1 N–H and O–H groups in total. The Bertz CT molecular complexity index is 526. The van der Waals surface area contributed by atoms with Crippen molar-refractivity contribution >= 4 is 11.6 Å². The molecule has 2 saturated heterocycles. The van der Waals surface area contributed by atoms with E-state index in [1.165, 1.54) is 19.3 Å². The van der Waals surface area contributed by atoms with Crippen LogP contribution in [0, 0.1) is 0 Å². The minimum Gasteiger partial charge on any atom is -0.303 e. The molecule has 3 heterocycles. The third-order valence-corrected chi connectivity index (χ3v) is 4.49. The van der Waals surface area contributed by atoms with Gasteiger partial charge in [0.15, 0.2) is 6.29 Å². The van der Waals surface area contributed by atoms with Crippen molar-refractivity contribution in [3.05, 3.63) is 29.8 Å².